The van der Waals surface area contributed by atoms with Crippen LogP contribution < -0.4 is 5.32 Å². The molecule has 0 saturated carbocycles. The number of aryl methyl sites for hydroxylation is 2. The first-order valence-corrected chi connectivity index (χ1v) is 8.40. The van der Waals surface area contributed by atoms with E-state index in [4.69, 9.17) is 0 Å². The first kappa shape index (κ1) is 18.2. The van der Waals surface area contributed by atoms with Crippen LogP contribution in [0.3, 0.4) is 0 Å². The Bertz CT molecular complexity index is 968. The highest BCUT2D eigenvalue weighted by Gasteiger charge is 2.16. The van der Waals surface area contributed by atoms with Crippen LogP contribution in [0.5, 0.6) is 0 Å². The van der Waals surface area contributed by atoms with E-state index in [1.54, 1.807) is 31.3 Å². The molecule has 1 N–H and O–H groups in total. The van der Waals surface area contributed by atoms with Gasteiger partial charge in [-0.05, 0) is 59.7 Å². The molecule has 2 aromatic carbocycles. The molecule has 0 unspecified atom stereocenters. The molecule has 0 bridgehead atoms. The highest BCUT2D eigenvalue weighted by molar-refractivity contribution is 5.99. The van der Waals surface area contributed by atoms with Gasteiger partial charge in [-0.1, -0.05) is 18.2 Å². The van der Waals surface area contributed by atoms with E-state index in [1.807, 2.05) is 32.0 Å². The summed E-state index contributed by atoms with van der Waals surface area (Å²) in [6, 6.07) is 12.7. The fraction of sp³-hybridized carbons (Fsp3) is 0.211. The van der Waals surface area contributed by atoms with Crippen LogP contribution in [-0.4, -0.2) is 50.5 Å². The van der Waals surface area contributed by atoms with Gasteiger partial charge in [-0.2, -0.15) is 0 Å². The van der Waals surface area contributed by atoms with Crippen molar-refractivity contribution in [1.82, 2.24) is 25.1 Å². The van der Waals surface area contributed by atoms with Gasteiger partial charge in [-0.25, -0.2) is 4.68 Å². The van der Waals surface area contributed by atoms with E-state index in [0.29, 0.717) is 11.3 Å². The second-order valence-electron chi connectivity index (χ2n) is 6.33. The van der Waals surface area contributed by atoms with E-state index in [1.165, 1.54) is 15.9 Å². The van der Waals surface area contributed by atoms with Gasteiger partial charge in [0, 0.05) is 18.3 Å². The van der Waals surface area contributed by atoms with E-state index < -0.39 is 0 Å². The molecular weight excluding hydrogens is 344 g/mol. The lowest BCUT2D eigenvalue weighted by Crippen LogP contribution is -2.35. The summed E-state index contributed by atoms with van der Waals surface area (Å²) in [7, 11) is 1.59. The third kappa shape index (κ3) is 4.35. The number of anilines is 1. The van der Waals surface area contributed by atoms with Crippen molar-refractivity contribution in [2.75, 3.05) is 18.9 Å². The van der Waals surface area contributed by atoms with Crippen LogP contribution in [0.1, 0.15) is 21.5 Å². The first-order valence-electron chi connectivity index (χ1n) is 8.40. The van der Waals surface area contributed by atoms with E-state index >= 15 is 0 Å². The van der Waals surface area contributed by atoms with Gasteiger partial charge < -0.3 is 10.2 Å². The molecule has 0 saturated heterocycles. The smallest absolute Gasteiger partial charge is 0.254 e. The Kier molecular flexibility index (Phi) is 5.25. The number of carbonyl (C=O) groups excluding carboxylic acids is 2. The van der Waals surface area contributed by atoms with Crippen molar-refractivity contribution in [3.05, 3.63) is 65.5 Å². The van der Waals surface area contributed by atoms with Crippen LogP contribution in [0.25, 0.3) is 5.69 Å². The maximum atomic E-state index is 12.7. The fourth-order valence-corrected chi connectivity index (χ4v) is 2.63. The molecule has 0 radical (unpaired) electrons. The number of rotatable bonds is 5. The molecule has 1 aromatic heterocycles. The molecule has 2 amide bonds. The second-order valence-corrected chi connectivity index (χ2v) is 6.33. The third-order valence-corrected chi connectivity index (χ3v) is 4.10. The van der Waals surface area contributed by atoms with E-state index in [-0.39, 0.29) is 18.4 Å². The second kappa shape index (κ2) is 7.77. The highest BCUT2D eigenvalue weighted by atomic mass is 16.2. The van der Waals surface area contributed by atoms with Crippen molar-refractivity contribution in [2.24, 2.45) is 0 Å². The molecule has 0 aliphatic carbocycles. The summed E-state index contributed by atoms with van der Waals surface area (Å²) in [5, 5.41) is 13.8. The lowest BCUT2D eigenvalue weighted by Gasteiger charge is -2.18. The number of tetrazole rings is 1. The van der Waals surface area contributed by atoms with Gasteiger partial charge in [0.25, 0.3) is 5.91 Å². The summed E-state index contributed by atoms with van der Waals surface area (Å²) in [5.41, 5.74) is 3.89. The standard InChI is InChI=1S/C19H20N6O2/c1-13-7-8-14(2)17(9-13)21-18(26)11-24(3)19(27)15-5-4-6-16(10-15)25-12-20-22-23-25/h4-10,12H,11H2,1-3H3,(H,21,26). The van der Waals surface area contributed by atoms with Crippen molar-refractivity contribution < 1.29 is 9.59 Å². The number of nitrogens with one attached hydrogen (secondary N) is 1. The molecule has 27 heavy (non-hydrogen) atoms. The van der Waals surface area contributed by atoms with Gasteiger partial charge in [-0.15, -0.1) is 5.10 Å². The molecule has 0 spiro atoms. The minimum absolute atomic E-state index is 0.0542. The summed E-state index contributed by atoms with van der Waals surface area (Å²) in [5.74, 6) is -0.516. The third-order valence-electron chi connectivity index (χ3n) is 4.10. The number of hydrogen-bond donors (Lipinski definition) is 1. The van der Waals surface area contributed by atoms with Gasteiger partial charge in [0.2, 0.25) is 5.91 Å². The molecule has 0 aliphatic rings. The van der Waals surface area contributed by atoms with Gasteiger partial charge >= 0.3 is 0 Å². The van der Waals surface area contributed by atoms with Crippen molar-refractivity contribution in [2.45, 2.75) is 13.8 Å². The molecule has 3 aromatic rings. The maximum Gasteiger partial charge on any atom is 0.254 e. The highest BCUT2D eigenvalue weighted by Crippen LogP contribution is 2.16. The number of hydrogen-bond acceptors (Lipinski definition) is 5. The monoisotopic (exact) mass is 364 g/mol. The normalized spacial score (nSPS) is 10.5. The molecular formula is C19H20N6O2. The van der Waals surface area contributed by atoms with Crippen LogP contribution in [-0.2, 0) is 4.79 Å². The first-order chi connectivity index (χ1) is 12.9. The summed E-state index contributed by atoms with van der Waals surface area (Å²) >= 11 is 0. The maximum absolute atomic E-state index is 12.7. The van der Waals surface area contributed by atoms with Gasteiger partial charge in [-0.3, -0.25) is 9.59 Å². The zero-order valence-electron chi connectivity index (χ0n) is 15.4. The number of carbonyl (C=O) groups is 2. The van der Waals surface area contributed by atoms with Crippen molar-refractivity contribution in [3.63, 3.8) is 0 Å². The van der Waals surface area contributed by atoms with Crippen LogP contribution in [0, 0.1) is 13.8 Å². The van der Waals surface area contributed by atoms with E-state index in [2.05, 4.69) is 20.8 Å². The zero-order chi connectivity index (χ0) is 19.4. The van der Waals surface area contributed by atoms with Crippen molar-refractivity contribution in [3.8, 4) is 5.69 Å². The molecule has 0 atom stereocenters. The Hall–Kier alpha value is -3.55. The molecule has 0 fully saturated rings. The Morgan fingerprint density at radius 1 is 1.15 bits per heavy atom. The molecule has 1 heterocycles. The van der Waals surface area contributed by atoms with Gasteiger partial charge in [0.15, 0.2) is 0 Å². The van der Waals surface area contributed by atoms with Crippen molar-refractivity contribution in [1.29, 1.82) is 0 Å². The zero-order valence-corrected chi connectivity index (χ0v) is 15.4. The molecule has 8 heteroatoms. The van der Waals surface area contributed by atoms with Crippen LogP contribution >= 0.6 is 0 Å². The van der Waals surface area contributed by atoms with Crippen LogP contribution in [0.15, 0.2) is 48.8 Å². The number of aromatic nitrogens is 4. The predicted molar refractivity (Wildman–Crippen MR) is 101 cm³/mol. The quantitative estimate of drug-likeness (QED) is 0.747. The van der Waals surface area contributed by atoms with Crippen LogP contribution in [0.2, 0.25) is 0 Å². The molecule has 3 rings (SSSR count). The number of nitrogens with zero attached hydrogens (tertiary/aromatic N) is 5. The summed E-state index contributed by atoms with van der Waals surface area (Å²) in [4.78, 5) is 26.4. The Labute approximate surface area is 156 Å². The summed E-state index contributed by atoms with van der Waals surface area (Å²) in [6.45, 7) is 3.83. The average molecular weight is 364 g/mol. The summed E-state index contributed by atoms with van der Waals surface area (Å²) < 4.78 is 1.46. The fourth-order valence-electron chi connectivity index (χ4n) is 2.63. The molecule has 138 valence electrons. The number of benzene rings is 2. The number of amides is 2. The van der Waals surface area contributed by atoms with E-state index in [0.717, 1.165) is 16.8 Å². The SMILES string of the molecule is Cc1ccc(C)c(NC(=O)CN(C)C(=O)c2cccc(-n3cnnn3)c2)c1. The minimum atomic E-state index is -0.263. The number of likely N-dealkylation sites (N-methyl/N-ethyl adjacent to an activating group) is 1. The Morgan fingerprint density at radius 3 is 2.70 bits per heavy atom. The largest absolute Gasteiger partial charge is 0.332 e. The summed E-state index contributed by atoms with van der Waals surface area (Å²) in [6.07, 6.45) is 1.45. The Balaban J connectivity index is 1.68. The predicted octanol–water partition coefficient (Wildman–Crippen LogP) is 1.99. The topological polar surface area (TPSA) is 93.0 Å². The molecule has 8 nitrogen and oxygen atoms in total. The lowest BCUT2D eigenvalue weighted by molar-refractivity contribution is -0.116. The van der Waals surface area contributed by atoms with Gasteiger partial charge in [0.1, 0.15) is 6.33 Å². The lowest BCUT2D eigenvalue weighted by atomic mass is 10.1. The Morgan fingerprint density at radius 2 is 1.96 bits per heavy atom. The van der Waals surface area contributed by atoms with Crippen LogP contribution in [0.4, 0.5) is 5.69 Å². The average Bonchev–Trinajstić information content (AvgIpc) is 3.19. The van der Waals surface area contributed by atoms with Crippen molar-refractivity contribution >= 4 is 17.5 Å². The minimum Gasteiger partial charge on any atom is -0.332 e. The van der Waals surface area contributed by atoms with E-state index in [9.17, 15) is 9.59 Å². The van der Waals surface area contributed by atoms with Gasteiger partial charge in [0.05, 0.1) is 12.2 Å². The molecule has 0 aliphatic heterocycles.